The lowest BCUT2D eigenvalue weighted by Crippen LogP contribution is -2.46. The van der Waals surface area contributed by atoms with E-state index < -0.39 is 12.1 Å². The molecule has 122 valence electrons. The number of hydrogen-bond acceptors (Lipinski definition) is 5. The minimum absolute atomic E-state index is 0.266. The van der Waals surface area contributed by atoms with Gasteiger partial charge in [0.15, 0.2) is 0 Å². The minimum Gasteiger partial charge on any atom is -0.481 e. The average Bonchev–Trinajstić information content (AvgIpc) is 3.06. The Kier molecular flexibility index (Phi) is 5.56. The summed E-state index contributed by atoms with van der Waals surface area (Å²) < 4.78 is 10.0. The first-order valence-corrected chi connectivity index (χ1v) is 6.96. The predicted octanol–water partition coefficient (Wildman–Crippen LogP) is 1.51. The maximum Gasteiger partial charge on any atom is 0.319 e. The topological polar surface area (TPSA) is 105 Å². The highest BCUT2D eigenvalue weighted by Gasteiger charge is 2.15. The first kappa shape index (κ1) is 16.3. The molecule has 3 amide bonds. The van der Waals surface area contributed by atoms with Crippen LogP contribution >= 0.6 is 0 Å². The largest absolute Gasteiger partial charge is 0.481 e. The molecule has 0 aliphatic rings. The summed E-state index contributed by atoms with van der Waals surface area (Å²) in [4.78, 5) is 27.7. The van der Waals surface area contributed by atoms with Crippen LogP contribution in [0.5, 0.6) is 5.88 Å². The molecule has 0 radical (unpaired) electrons. The van der Waals surface area contributed by atoms with E-state index in [9.17, 15) is 9.59 Å². The quantitative estimate of drug-likeness (QED) is 0.748. The van der Waals surface area contributed by atoms with Crippen molar-refractivity contribution in [3.63, 3.8) is 0 Å². The number of rotatable bonds is 6. The van der Waals surface area contributed by atoms with Gasteiger partial charge >= 0.3 is 6.03 Å². The van der Waals surface area contributed by atoms with Crippen LogP contribution in [0, 0.1) is 0 Å². The zero-order valence-corrected chi connectivity index (χ0v) is 12.8. The van der Waals surface area contributed by atoms with Crippen LogP contribution < -0.4 is 20.7 Å². The summed E-state index contributed by atoms with van der Waals surface area (Å²) in [6.45, 7) is 1.85. The molecule has 2 aromatic rings. The number of nitrogens with zero attached hydrogens (tertiary/aromatic N) is 1. The molecule has 0 aliphatic heterocycles. The van der Waals surface area contributed by atoms with Crippen molar-refractivity contribution in [2.24, 2.45) is 0 Å². The number of urea groups is 1. The van der Waals surface area contributed by atoms with Crippen molar-refractivity contribution in [3.8, 4) is 5.88 Å². The van der Waals surface area contributed by atoms with Crippen molar-refractivity contribution in [2.75, 3.05) is 12.4 Å². The summed E-state index contributed by atoms with van der Waals surface area (Å²) in [5, 5.41) is 7.78. The molecule has 0 spiro atoms. The molecule has 0 aromatic carbocycles. The maximum absolute atomic E-state index is 11.9. The van der Waals surface area contributed by atoms with Crippen molar-refractivity contribution in [1.82, 2.24) is 15.6 Å². The fourth-order valence-electron chi connectivity index (χ4n) is 1.74. The summed E-state index contributed by atoms with van der Waals surface area (Å²) in [6.07, 6.45) is 2.99. The highest BCUT2D eigenvalue weighted by molar-refractivity contribution is 5.93. The second kappa shape index (κ2) is 7.83. The molecule has 0 bridgehead atoms. The Labute approximate surface area is 133 Å². The molecule has 0 aliphatic carbocycles. The third-order valence-electron chi connectivity index (χ3n) is 2.96. The molecule has 3 N–H and O–H groups in total. The molecule has 2 aromatic heterocycles. The van der Waals surface area contributed by atoms with Gasteiger partial charge in [0.2, 0.25) is 11.8 Å². The fourth-order valence-corrected chi connectivity index (χ4v) is 1.74. The van der Waals surface area contributed by atoms with Crippen molar-refractivity contribution in [1.29, 1.82) is 0 Å². The van der Waals surface area contributed by atoms with Gasteiger partial charge in [-0.25, -0.2) is 9.78 Å². The normalized spacial score (nSPS) is 11.4. The zero-order valence-electron chi connectivity index (χ0n) is 12.8. The van der Waals surface area contributed by atoms with E-state index in [0.717, 1.165) is 0 Å². The van der Waals surface area contributed by atoms with Crippen LogP contribution in [0.3, 0.4) is 0 Å². The lowest BCUT2D eigenvalue weighted by molar-refractivity contribution is -0.122. The van der Waals surface area contributed by atoms with Crippen molar-refractivity contribution in [3.05, 3.63) is 42.5 Å². The SMILES string of the molecule is COc1ccc(NC(=O)N[C@@H](C)C(=O)NCc2ccco2)cn1. The third-order valence-corrected chi connectivity index (χ3v) is 2.96. The Morgan fingerprint density at radius 1 is 1.35 bits per heavy atom. The highest BCUT2D eigenvalue weighted by Crippen LogP contribution is 2.10. The van der Waals surface area contributed by atoms with Crippen molar-refractivity contribution in [2.45, 2.75) is 19.5 Å². The van der Waals surface area contributed by atoms with Gasteiger partial charge in [0.05, 0.1) is 31.8 Å². The van der Waals surface area contributed by atoms with Crippen LogP contribution in [-0.4, -0.2) is 30.1 Å². The average molecular weight is 318 g/mol. The lowest BCUT2D eigenvalue weighted by Gasteiger charge is -2.14. The number of hydrogen-bond donors (Lipinski definition) is 3. The fraction of sp³-hybridized carbons (Fsp3) is 0.267. The molecule has 1 atom stereocenters. The number of aromatic nitrogens is 1. The molecule has 0 saturated heterocycles. The molecular weight excluding hydrogens is 300 g/mol. The van der Waals surface area contributed by atoms with Crippen LogP contribution in [0.4, 0.5) is 10.5 Å². The van der Waals surface area contributed by atoms with Crippen LogP contribution in [-0.2, 0) is 11.3 Å². The summed E-state index contributed by atoms with van der Waals surface area (Å²) in [5.74, 6) is 0.769. The molecule has 0 fully saturated rings. The molecule has 8 nitrogen and oxygen atoms in total. The number of nitrogens with one attached hydrogen (secondary N) is 3. The highest BCUT2D eigenvalue weighted by atomic mass is 16.5. The van der Waals surface area contributed by atoms with Gasteiger partial charge in [0.25, 0.3) is 0 Å². The Balaban J connectivity index is 1.77. The number of carbonyl (C=O) groups excluding carboxylic acids is 2. The van der Waals surface area contributed by atoms with E-state index in [1.165, 1.54) is 19.6 Å². The first-order valence-electron chi connectivity index (χ1n) is 6.96. The maximum atomic E-state index is 11.9. The van der Waals surface area contributed by atoms with Crippen LogP contribution in [0.2, 0.25) is 0 Å². The lowest BCUT2D eigenvalue weighted by atomic mass is 10.3. The van der Waals surface area contributed by atoms with Gasteiger partial charge in [0.1, 0.15) is 11.8 Å². The van der Waals surface area contributed by atoms with Crippen LogP contribution in [0.25, 0.3) is 0 Å². The first-order chi connectivity index (χ1) is 11.1. The Hall–Kier alpha value is -3.03. The molecule has 0 unspecified atom stereocenters. The number of carbonyl (C=O) groups is 2. The smallest absolute Gasteiger partial charge is 0.319 e. The van der Waals surface area contributed by atoms with E-state index in [2.05, 4.69) is 20.9 Å². The summed E-state index contributed by atoms with van der Waals surface area (Å²) in [6, 6.07) is 5.55. The Bertz CT molecular complexity index is 640. The van der Waals surface area contributed by atoms with Gasteiger partial charge in [-0.2, -0.15) is 0 Å². The van der Waals surface area contributed by atoms with E-state index in [0.29, 0.717) is 17.3 Å². The number of furan rings is 1. The van der Waals surface area contributed by atoms with Crippen LogP contribution in [0.1, 0.15) is 12.7 Å². The van der Waals surface area contributed by atoms with Crippen LogP contribution in [0.15, 0.2) is 41.1 Å². The van der Waals surface area contributed by atoms with Gasteiger partial charge in [-0.15, -0.1) is 0 Å². The van der Waals surface area contributed by atoms with Gasteiger partial charge in [-0.05, 0) is 25.1 Å². The molecule has 8 heteroatoms. The van der Waals surface area contributed by atoms with E-state index >= 15 is 0 Å². The molecular formula is C15H18N4O4. The van der Waals surface area contributed by atoms with Crippen molar-refractivity contribution < 1.29 is 18.7 Å². The second-order valence-electron chi connectivity index (χ2n) is 4.71. The van der Waals surface area contributed by atoms with Gasteiger partial charge < -0.3 is 25.1 Å². The third kappa shape index (κ3) is 5.03. The van der Waals surface area contributed by atoms with E-state index in [4.69, 9.17) is 9.15 Å². The Morgan fingerprint density at radius 2 is 2.17 bits per heavy atom. The van der Waals surface area contributed by atoms with E-state index in [1.54, 1.807) is 31.2 Å². The number of methoxy groups -OCH3 is 1. The van der Waals surface area contributed by atoms with E-state index in [1.807, 2.05) is 0 Å². The Morgan fingerprint density at radius 3 is 2.78 bits per heavy atom. The standard InChI is InChI=1S/C15H18N4O4/c1-10(14(20)17-9-12-4-3-7-23-12)18-15(21)19-11-5-6-13(22-2)16-8-11/h3-8,10H,9H2,1-2H3,(H,17,20)(H2,18,19,21)/t10-/m0/s1. The predicted molar refractivity (Wildman–Crippen MR) is 83.0 cm³/mol. The van der Waals surface area contributed by atoms with Crippen molar-refractivity contribution >= 4 is 17.6 Å². The summed E-state index contributed by atoms with van der Waals surface area (Å²) in [7, 11) is 1.51. The molecule has 2 rings (SSSR count). The molecule has 0 saturated carbocycles. The van der Waals surface area contributed by atoms with Gasteiger partial charge in [0, 0.05) is 6.07 Å². The number of ether oxygens (including phenoxy) is 1. The van der Waals surface area contributed by atoms with Gasteiger partial charge in [-0.3, -0.25) is 4.79 Å². The summed E-state index contributed by atoms with van der Waals surface area (Å²) >= 11 is 0. The number of anilines is 1. The monoisotopic (exact) mass is 318 g/mol. The molecule has 2 heterocycles. The van der Waals surface area contributed by atoms with E-state index in [-0.39, 0.29) is 12.5 Å². The minimum atomic E-state index is -0.698. The summed E-state index contributed by atoms with van der Waals surface area (Å²) in [5.41, 5.74) is 0.492. The number of amides is 3. The van der Waals surface area contributed by atoms with Gasteiger partial charge in [-0.1, -0.05) is 0 Å². The number of pyridine rings is 1. The molecule has 23 heavy (non-hydrogen) atoms. The second-order valence-corrected chi connectivity index (χ2v) is 4.71. The zero-order chi connectivity index (χ0) is 16.7.